The summed E-state index contributed by atoms with van der Waals surface area (Å²) in [4.78, 5) is 15.4. The van der Waals surface area contributed by atoms with Crippen LogP contribution in [0.1, 0.15) is 5.56 Å². The Hall–Kier alpha value is -1.99. The number of hydrogen-bond acceptors (Lipinski definition) is 4. The van der Waals surface area contributed by atoms with Crippen molar-refractivity contribution < 1.29 is 9.00 Å². The SMILES string of the molecule is Cc1cc(S(=O)CC2=NN(c3ccccc3)C(=O)/C2=C/CN(C)C)c(Cl)cc1Cl. The van der Waals surface area contributed by atoms with Gasteiger partial charge in [0.15, 0.2) is 0 Å². The first-order valence-corrected chi connectivity index (χ1v) is 11.0. The van der Waals surface area contributed by atoms with Gasteiger partial charge in [-0.2, -0.15) is 10.1 Å². The van der Waals surface area contributed by atoms with E-state index in [-0.39, 0.29) is 11.7 Å². The van der Waals surface area contributed by atoms with Crippen LogP contribution >= 0.6 is 23.2 Å². The molecule has 0 aromatic heterocycles. The van der Waals surface area contributed by atoms with Crippen molar-refractivity contribution in [2.75, 3.05) is 31.4 Å². The van der Waals surface area contributed by atoms with Crippen molar-refractivity contribution in [2.24, 2.45) is 5.10 Å². The average molecular weight is 450 g/mol. The van der Waals surface area contributed by atoms with Gasteiger partial charge in [-0.15, -0.1) is 0 Å². The van der Waals surface area contributed by atoms with Crippen LogP contribution in [0.2, 0.25) is 10.0 Å². The van der Waals surface area contributed by atoms with Crippen molar-refractivity contribution >= 4 is 51.3 Å². The van der Waals surface area contributed by atoms with Gasteiger partial charge in [-0.25, -0.2) is 0 Å². The lowest BCUT2D eigenvalue weighted by atomic mass is 10.1. The summed E-state index contributed by atoms with van der Waals surface area (Å²) in [6.07, 6.45) is 1.82. The Kier molecular flexibility index (Phi) is 6.90. The minimum Gasteiger partial charge on any atom is -0.306 e. The van der Waals surface area contributed by atoms with E-state index in [1.807, 2.05) is 62.3 Å². The molecule has 5 nitrogen and oxygen atoms in total. The number of rotatable bonds is 6. The van der Waals surface area contributed by atoms with E-state index in [4.69, 9.17) is 23.2 Å². The lowest BCUT2D eigenvalue weighted by Gasteiger charge is -2.11. The molecule has 29 heavy (non-hydrogen) atoms. The number of amides is 1. The molecule has 1 aliphatic rings. The van der Waals surface area contributed by atoms with Crippen molar-refractivity contribution in [3.8, 4) is 0 Å². The van der Waals surface area contributed by atoms with Crippen LogP contribution in [0.25, 0.3) is 0 Å². The lowest BCUT2D eigenvalue weighted by molar-refractivity contribution is -0.114. The molecule has 0 fully saturated rings. The van der Waals surface area contributed by atoms with Crippen LogP contribution in [-0.2, 0) is 15.6 Å². The third-order valence-corrected chi connectivity index (χ3v) is 6.54. The number of likely N-dealkylation sites (N-methyl/N-ethyl adjacent to an activating group) is 1. The number of nitrogens with zero attached hydrogens (tertiary/aromatic N) is 3. The minimum absolute atomic E-state index is 0.0785. The zero-order valence-electron chi connectivity index (χ0n) is 16.4. The minimum atomic E-state index is -1.48. The van der Waals surface area contributed by atoms with Crippen LogP contribution in [0.4, 0.5) is 5.69 Å². The van der Waals surface area contributed by atoms with Crippen molar-refractivity contribution in [2.45, 2.75) is 11.8 Å². The van der Waals surface area contributed by atoms with Crippen molar-refractivity contribution in [3.63, 3.8) is 0 Å². The summed E-state index contributed by atoms with van der Waals surface area (Å²) in [6.45, 7) is 2.39. The topological polar surface area (TPSA) is 53.0 Å². The number of aryl methyl sites for hydroxylation is 1. The quantitative estimate of drug-likeness (QED) is 0.617. The predicted molar refractivity (Wildman–Crippen MR) is 120 cm³/mol. The van der Waals surface area contributed by atoms with Crippen LogP contribution in [0.5, 0.6) is 0 Å². The first-order chi connectivity index (χ1) is 13.8. The Morgan fingerprint density at radius 1 is 1.14 bits per heavy atom. The summed E-state index contributed by atoms with van der Waals surface area (Å²) in [5, 5.41) is 6.69. The molecule has 0 saturated carbocycles. The van der Waals surface area contributed by atoms with E-state index in [9.17, 15) is 9.00 Å². The van der Waals surface area contributed by atoms with E-state index in [0.29, 0.717) is 38.5 Å². The van der Waals surface area contributed by atoms with Crippen molar-refractivity contribution in [1.29, 1.82) is 0 Å². The van der Waals surface area contributed by atoms with Gasteiger partial charge >= 0.3 is 0 Å². The molecular weight excluding hydrogens is 429 g/mol. The summed E-state index contributed by atoms with van der Waals surface area (Å²) in [5.74, 6) is -0.154. The summed E-state index contributed by atoms with van der Waals surface area (Å²) in [5.41, 5.74) is 2.38. The second-order valence-electron chi connectivity index (χ2n) is 6.90. The molecule has 0 radical (unpaired) electrons. The van der Waals surface area contributed by atoms with Crippen LogP contribution in [0.15, 0.2) is 64.1 Å². The van der Waals surface area contributed by atoms with Crippen LogP contribution in [0.3, 0.4) is 0 Å². The molecule has 0 N–H and O–H groups in total. The van der Waals surface area contributed by atoms with E-state index in [1.165, 1.54) is 5.01 Å². The number of hydrogen-bond donors (Lipinski definition) is 0. The standard InChI is InChI=1S/C21H21Cl2N3O2S/c1-14-11-20(18(23)12-17(14)22)29(28)13-19-16(9-10-25(2)3)21(27)26(24-19)15-7-5-4-6-8-15/h4-9,11-12H,10,13H2,1-3H3/b16-9+. The van der Waals surface area contributed by atoms with Gasteiger partial charge in [0.05, 0.1) is 43.4 Å². The van der Waals surface area contributed by atoms with E-state index in [0.717, 1.165) is 5.56 Å². The van der Waals surface area contributed by atoms with E-state index in [2.05, 4.69) is 5.10 Å². The molecule has 152 valence electrons. The Morgan fingerprint density at radius 2 is 1.83 bits per heavy atom. The number of halogens is 2. The molecule has 1 amide bonds. The maximum atomic E-state index is 13.1. The van der Waals surface area contributed by atoms with Crippen LogP contribution < -0.4 is 5.01 Å². The maximum Gasteiger partial charge on any atom is 0.280 e. The van der Waals surface area contributed by atoms with Gasteiger partial charge in [-0.3, -0.25) is 9.00 Å². The number of anilines is 1. The number of benzene rings is 2. The molecule has 8 heteroatoms. The van der Waals surface area contributed by atoms with E-state index >= 15 is 0 Å². The molecule has 0 spiro atoms. The first-order valence-electron chi connectivity index (χ1n) is 8.94. The van der Waals surface area contributed by atoms with Gasteiger partial charge in [0.1, 0.15) is 0 Å². The molecule has 1 heterocycles. The fraction of sp³-hybridized carbons (Fsp3) is 0.238. The van der Waals surface area contributed by atoms with Gasteiger partial charge in [0.2, 0.25) is 0 Å². The van der Waals surface area contributed by atoms with Gasteiger partial charge in [-0.05, 0) is 50.8 Å². The van der Waals surface area contributed by atoms with Gasteiger partial charge < -0.3 is 4.90 Å². The third-order valence-electron chi connectivity index (χ3n) is 4.34. The Labute approximate surface area is 183 Å². The molecule has 3 rings (SSSR count). The fourth-order valence-electron chi connectivity index (χ4n) is 2.79. The first kappa shape index (κ1) is 21.7. The van der Waals surface area contributed by atoms with Crippen LogP contribution in [0, 0.1) is 6.92 Å². The Morgan fingerprint density at radius 3 is 2.48 bits per heavy atom. The normalized spacial score (nSPS) is 16.6. The number of carbonyl (C=O) groups excluding carboxylic acids is 1. The molecule has 2 aromatic rings. The highest BCUT2D eigenvalue weighted by Crippen LogP contribution is 2.29. The van der Waals surface area contributed by atoms with Gasteiger partial charge in [-0.1, -0.05) is 47.5 Å². The van der Waals surface area contributed by atoms with E-state index in [1.54, 1.807) is 12.1 Å². The molecule has 0 aliphatic carbocycles. The summed E-state index contributed by atoms with van der Waals surface area (Å²) >= 11 is 12.3. The molecule has 2 aromatic carbocycles. The molecular formula is C21H21Cl2N3O2S. The highest BCUT2D eigenvalue weighted by molar-refractivity contribution is 7.86. The van der Waals surface area contributed by atoms with Gasteiger partial charge in [0.25, 0.3) is 5.91 Å². The zero-order valence-corrected chi connectivity index (χ0v) is 18.7. The average Bonchev–Trinajstić information content (AvgIpc) is 2.98. The summed E-state index contributed by atoms with van der Waals surface area (Å²) in [7, 11) is 2.35. The highest BCUT2D eigenvalue weighted by atomic mass is 35.5. The molecule has 0 saturated heterocycles. The van der Waals surface area contributed by atoms with Gasteiger partial charge in [0, 0.05) is 11.6 Å². The van der Waals surface area contributed by atoms with Crippen LogP contribution in [-0.4, -0.2) is 47.1 Å². The maximum absolute atomic E-state index is 13.1. The van der Waals surface area contributed by atoms with Crippen molar-refractivity contribution in [1.82, 2.24) is 4.90 Å². The third kappa shape index (κ3) is 4.95. The van der Waals surface area contributed by atoms with Crippen molar-refractivity contribution in [3.05, 3.63) is 69.7 Å². The highest BCUT2D eigenvalue weighted by Gasteiger charge is 2.32. The number of carbonyl (C=O) groups is 1. The molecule has 1 unspecified atom stereocenters. The lowest BCUT2D eigenvalue weighted by Crippen LogP contribution is -2.23. The predicted octanol–water partition coefficient (Wildman–Crippen LogP) is 4.30. The fourth-order valence-corrected chi connectivity index (χ4v) is 4.64. The Bertz CT molecular complexity index is 1020. The summed E-state index contributed by atoms with van der Waals surface area (Å²) < 4.78 is 13.1. The molecule has 0 bridgehead atoms. The second-order valence-corrected chi connectivity index (χ2v) is 9.13. The smallest absolute Gasteiger partial charge is 0.280 e. The Balaban J connectivity index is 1.95. The second kappa shape index (κ2) is 9.22. The monoisotopic (exact) mass is 449 g/mol. The number of para-hydroxylation sites is 1. The van der Waals surface area contributed by atoms with E-state index < -0.39 is 10.8 Å². The molecule has 1 aliphatic heterocycles. The zero-order chi connectivity index (χ0) is 21.1. The molecule has 1 atom stereocenters. The number of hydrazone groups is 1. The largest absolute Gasteiger partial charge is 0.306 e. The summed E-state index contributed by atoms with van der Waals surface area (Å²) in [6, 6.07) is 12.5.